The third kappa shape index (κ3) is 2.44. The minimum Gasteiger partial charge on any atom is -0.389 e. The van der Waals surface area contributed by atoms with Crippen LogP contribution in [0.15, 0.2) is 24.8 Å². The second kappa shape index (κ2) is 4.61. The molecule has 0 saturated heterocycles. The molecule has 1 fully saturated rings. The van der Waals surface area contributed by atoms with Crippen molar-refractivity contribution in [3.63, 3.8) is 0 Å². The number of hydrogen-bond donors (Lipinski definition) is 1. The first kappa shape index (κ1) is 10.5. The van der Waals surface area contributed by atoms with Gasteiger partial charge in [0.2, 0.25) is 0 Å². The van der Waals surface area contributed by atoms with Gasteiger partial charge in [0, 0.05) is 5.92 Å². The number of aliphatic hydroxyl groups is 1. The molecule has 1 heteroatoms. The summed E-state index contributed by atoms with van der Waals surface area (Å²) in [7, 11) is 0. The molecule has 0 aromatic carbocycles. The third-order valence-electron chi connectivity index (χ3n) is 2.99. The van der Waals surface area contributed by atoms with Crippen molar-refractivity contribution in [2.45, 2.75) is 44.6 Å². The Labute approximate surface area is 81.2 Å². The topological polar surface area (TPSA) is 20.2 Å². The first-order valence-corrected chi connectivity index (χ1v) is 5.20. The molecular formula is C12H20O. The Morgan fingerprint density at radius 1 is 1.31 bits per heavy atom. The number of allylic oxidation sites excluding steroid dienone is 1. The molecule has 0 aromatic rings. The molecule has 1 aliphatic carbocycles. The molecule has 1 unspecified atom stereocenters. The summed E-state index contributed by atoms with van der Waals surface area (Å²) in [6.07, 6.45) is 11.3. The quantitative estimate of drug-likeness (QED) is 0.662. The van der Waals surface area contributed by atoms with Gasteiger partial charge in [0.25, 0.3) is 0 Å². The molecule has 1 N–H and O–H groups in total. The molecule has 1 nitrogen and oxygen atoms in total. The molecule has 1 saturated carbocycles. The van der Waals surface area contributed by atoms with Gasteiger partial charge in [-0.25, -0.2) is 0 Å². The van der Waals surface area contributed by atoms with E-state index in [-0.39, 0.29) is 5.92 Å². The average Bonchev–Trinajstić information content (AvgIpc) is 2.15. The van der Waals surface area contributed by atoms with Crippen LogP contribution >= 0.6 is 0 Å². The van der Waals surface area contributed by atoms with Crippen LogP contribution in [0.2, 0.25) is 0 Å². The summed E-state index contributed by atoms with van der Waals surface area (Å²) in [6, 6.07) is 0. The fourth-order valence-corrected chi connectivity index (χ4v) is 2.18. The van der Waals surface area contributed by atoms with Gasteiger partial charge in [-0.15, -0.1) is 6.58 Å². The number of rotatable bonds is 3. The lowest BCUT2D eigenvalue weighted by Crippen LogP contribution is -2.37. The van der Waals surface area contributed by atoms with E-state index in [1.807, 2.05) is 19.1 Å². The van der Waals surface area contributed by atoms with Crippen LogP contribution < -0.4 is 0 Å². The summed E-state index contributed by atoms with van der Waals surface area (Å²) in [6.45, 7) is 5.78. The average molecular weight is 180 g/mol. The van der Waals surface area contributed by atoms with Gasteiger partial charge >= 0.3 is 0 Å². The molecule has 0 aliphatic heterocycles. The lowest BCUT2D eigenvalue weighted by Gasteiger charge is -2.36. The molecule has 0 aromatic heterocycles. The fraction of sp³-hybridized carbons (Fsp3) is 0.667. The SMILES string of the molecule is C=CC(/C=C\C)C1(O)CCCCC1. The third-order valence-corrected chi connectivity index (χ3v) is 2.99. The highest BCUT2D eigenvalue weighted by Crippen LogP contribution is 2.35. The molecule has 1 atom stereocenters. The normalized spacial score (nSPS) is 24.5. The molecule has 1 aliphatic rings. The summed E-state index contributed by atoms with van der Waals surface area (Å²) < 4.78 is 0. The summed E-state index contributed by atoms with van der Waals surface area (Å²) in [4.78, 5) is 0. The molecule has 0 amide bonds. The zero-order chi connectivity index (χ0) is 9.73. The van der Waals surface area contributed by atoms with E-state index >= 15 is 0 Å². The van der Waals surface area contributed by atoms with Crippen LogP contribution in [-0.2, 0) is 0 Å². The van der Waals surface area contributed by atoms with Gasteiger partial charge in [-0.3, -0.25) is 0 Å². The summed E-state index contributed by atoms with van der Waals surface area (Å²) >= 11 is 0. The molecule has 0 spiro atoms. The van der Waals surface area contributed by atoms with Gasteiger partial charge in [-0.2, -0.15) is 0 Å². The van der Waals surface area contributed by atoms with Crippen molar-refractivity contribution in [2.24, 2.45) is 5.92 Å². The molecule has 13 heavy (non-hydrogen) atoms. The van der Waals surface area contributed by atoms with Crippen LogP contribution in [0.3, 0.4) is 0 Å². The molecule has 1 rings (SSSR count). The zero-order valence-electron chi connectivity index (χ0n) is 8.50. The maximum absolute atomic E-state index is 10.3. The first-order chi connectivity index (χ1) is 6.23. The minimum atomic E-state index is -0.507. The standard InChI is InChI=1S/C12H20O/c1-3-8-11(4-2)12(13)9-6-5-7-10-12/h3-4,8,11,13H,2,5-7,9-10H2,1H3/b8-3-. The predicted octanol–water partition coefficient (Wildman–Crippen LogP) is 3.06. The van der Waals surface area contributed by atoms with E-state index in [4.69, 9.17) is 0 Å². The van der Waals surface area contributed by atoms with Crippen molar-refractivity contribution < 1.29 is 5.11 Å². The summed E-state index contributed by atoms with van der Waals surface area (Å²) in [5, 5.41) is 10.3. The Balaban J connectivity index is 2.68. The summed E-state index contributed by atoms with van der Waals surface area (Å²) in [5.41, 5.74) is -0.507. The van der Waals surface area contributed by atoms with Crippen molar-refractivity contribution in [3.8, 4) is 0 Å². The van der Waals surface area contributed by atoms with Gasteiger partial charge in [0.15, 0.2) is 0 Å². The van der Waals surface area contributed by atoms with E-state index < -0.39 is 5.60 Å². The van der Waals surface area contributed by atoms with Crippen molar-refractivity contribution in [1.29, 1.82) is 0 Å². The van der Waals surface area contributed by atoms with Crippen molar-refractivity contribution in [2.75, 3.05) is 0 Å². The monoisotopic (exact) mass is 180 g/mol. The Kier molecular flexibility index (Phi) is 3.73. The predicted molar refractivity (Wildman–Crippen MR) is 56.5 cm³/mol. The van der Waals surface area contributed by atoms with E-state index in [2.05, 4.69) is 12.7 Å². The fourth-order valence-electron chi connectivity index (χ4n) is 2.18. The van der Waals surface area contributed by atoms with Crippen LogP contribution in [0.5, 0.6) is 0 Å². The van der Waals surface area contributed by atoms with Crippen LogP contribution in [-0.4, -0.2) is 10.7 Å². The lowest BCUT2D eigenvalue weighted by atomic mass is 9.75. The maximum atomic E-state index is 10.3. The van der Waals surface area contributed by atoms with Gasteiger partial charge in [0.1, 0.15) is 0 Å². The highest BCUT2D eigenvalue weighted by molar-refractivity contribution is 5.07. The molecular weight excluding hydrogens is 160 g/mol. The van der Waals surface area contributed by atoms with E-state index in [1.54, 1.807) is 0 Å². The summed E-state index contributed by atoms with van der Waals surface area (Å²) in [5.74, 6) is 0.137. The smallest absolute Gasteiger partial charge is 0.0744 e. The van der Waals surface area contributed by atoms with E-state index in [9.17, 15) is 5.11 Å². The first-order valence-electron chi connectivity index (χ1n) is 5.20. The highest BCUT2D eigenvalue weighted by atomic mass is 16.3. The lowest BCUT2D eigenvalue weighted by molar-refractivity contribution is -0.0186. The maximum Gasteiger partial charge on any atom is 0.0744 e. The van der Waals surface area contributed by atoms with Crippen LogP contribution in [0.4, 0.5) is 0 Å². The Morgan fingerprint density at radius 2 is 1.92 bits per heavy atom. The Morgan fingerprint density at radius 3 is 2.38 bits per heavy atom. The molecule has 0 radical (unpaired) electrons. The second-order valence-electron chi connectivity index (χ2n) is 3.95. The molecule has 74 valence electrons. The Hall–Kier alpha value is -0.560. The number of hydrogen-bond acceptors (Lipinski definition) is 1. The highest BCUT2D eigenvalue weighted by Gasteiger charge is 2.34. The molecule has 0 bridgehead atoms. The minimum absolute atomic E-state index is 0.137. The van der Waals surface area contributed by atoms with Crippen LogP contribution in [0.25, 0.3) is 0 Å². The van der Waals surface area contributed by atoms with Crippen molar-refractivity contribution in [1.82, 2.24) is 0 Å². The van der Waals surface area contributed by atoms with Crippen LogP contribution in [0.1, 0.15) is 39.0 Å². The van der Waals surface area contributed by atoms with Crippen molar-refractivity contribution in [3.05, 3.63) is 24.8 Å². The van der Waals surface area contributed by atoms with Gasteiger partial charge < -0.3 is 5.11 Å². The van der Waals surface area contributed by atoms with E-state index in [0.29, 0.717) is 0 Å². The molecule has 0 heterocycles. The van der Waals surface area contributed by atoms with Crippen LogP contribution in [0, 0.1) is 5.92 Å². The second-order valence-corrected chi connectivity index (χ2v) is 3.95. The van der Waals surface area contributed by atoms with Gasteiger partial charge in [-0.1, -0.05) is 37.5 Å². The van der Waals surface area contributed by atoms with E-state index in [1.165, 1.54) is 6.42 Å². The Bertz CT molecular complexity index is 187. The van der Waals surface area contributed by atoms with Gasteiger partial charge in [-0.05, 0) is 19.8 Å². The van der Waals surface area contributed by atoms with E-state index in [0.717, 1.165) is 25.7 Å². The van der Waals surface area contributed by atoms with Crippen molar-refractivity contribution >= 4 is 0 Å². The van der Waals surface area contributed by atoms with Gasteiger partial charge in [0.05, 0.1) is 5.60 Å². The zero-order valence-corrected chi connectivity index (χ0v) is 8.50. The largest absolute Gasteiger partial charge is 0.389 e.